The Hall–Kier alpha value is -1.47. The molecule has 0 aromatic heterocycles. The van der Waals surface area contributed by atoms with E-state index in [2.05, 4.69) is 14.7 Å². The van der Waals surface area contributed by atoms with E-state index in [9.17, 15) is 5.11 Å². The lowest BCUT2D eigenvalue weighted by Crippen LogP contribution is -1.87. The minimum atomic E-state index is 0.142. The molecule has 0 saturated heterocycles. The van der Waals surface area contributed by atoms with Crippen LogP contribution in [-0.2, 0) is 9.37 Å². The molecule has 5 nitrogen and oxygen atoms in total. The Morgan fingerprint density at radius 2 is 2.06 bits per heavy atom. The number of hydrogen-bond acceptors (Lipinski definition) is 6. The molecule has 0 aliphatic carbocycles. The molecular formula is C11H11NO4S. The molecular weight excluding hydrogens is 242 g/mol. The van der Waals surface area contributed by atoms with E-state index in [0.717, 1.165) is 28.5 Å². The zero-order valence-corrected chi connectivity index (χ0v) is 9.82. The Morgan fingerprint density at radius 1 is 1.24 bits per heavy atom. The number of benzene rings is 2. The van der Waals surface area contributed by atoms with Crippen LogP contribution in [0.25, 0.3) is 10.8 Å². The smallest absolute Gasteiger partial charge is 0.124 e. The summed E-state index contributed by atoms with van der Waals surface area (Å²) in [6.45, 7) is 0. The molecule has 17 heavy (non-hydrogen) atoms. The maximum absolute atomic E-state index is 9.87. The number of phenolic OH excluding ortho intramolecular Hbond substituents is 1. The summed E-state index contributed by atoms with van der Waals surface area (Å²) >= 11 is 0.812. The second-order valence-corrected chi connectivity index (χ2v) is 4.13. The summed E-state index contributed by atoms with van der Waals surface area (Å²) in [5, 5.41) is 26.1. The van der Waals surface area contributed by atoms with Gasteiger partial charge in [-0.15, -0.1) is 4.33 Å². The van der Waals surface area contributed by atoms with E-state index in [1.165, 1.54) is 6.07 Å². The molecule has 6 heteroatoms. The zero-order valence-electron chi connectivity index (χ0n) is 9.01. The summed E-state index contributed by atoms with van der Waals surface area (Å²) in [5.41, 5.74) is 0.920. The summed E-state index contributed by atoms with van der Waals surface area (Å²) in [7, 11) is 1.81. The Balaban J connectivity index is 2.44. The second kappa shape index (κ2) is 5.24. The van der Waals surface area contributed by atoms with E-state index < -0.39 is 0 Å². The van der Waals surface area contributed by atoms with Gasteiger partial charge in [0.05, 0.1) is 12.0 Å². The SMILES string of the molecule is CNc1ccc2cc(SOOO)cc(O)c2c1. The fraction of sp³-hybridized carbons (Fsp3) is 0.0909. The summed E-state index contributed by atoms with van der Waals surface area (Å²) in [6.07, 6.45) is 0. The van der Waals surface area contributed by atoms with E-state index in [-0.39, 0.29) is 5.75 Å². The third-order valence-electron chi connectivity index (χ3n) is 2.36. The predicted octanol–water partition coefficient (Wildman–Crippen LogP) is 3.02. The molecule has 0 heterocycles. The minimum absolute atomic E-state index is 0.142. The predicted molar refractivity (Wildman–Crippen MR) is 65.8 cm³/mol. The maximum atomic E-state index is 9.87. The van der Waals surface area contributed by atoms with Gasteiger partial charge in [-0.3, -0.25) is 0 Å². The van der Waals surface area contributed by atoms with E-state index in [0.29, 0.717) is 4.90 Å². The van der Waals surface area contributed by atoms with Crippen LogP contribution >= 0.6 is 12.0 Å². The first kappa shape index (κ1) is 12.0. The quantitative estimate of drug-likeness (QED) is 0.442. The molecule has 0 unspecified atom stereocenters. The number of phenols is 1. The third kappa shape index (κ3) is 2.62. The molecule has 0 amide bonds. The fourth-order valence-corrected chi connectivity index (χ4v) is 2.01. The monoisotopic (exact) mass is 253 g/mol. The van der Waals surface area contributed by atoms with Gasteiger partial charge in [-0.05, 0) is 29.7 Å². The number of fused-ring (bicyclic) bond motifs is 1. The first-order valence-electron chi connectivity index (χ1n) is 4.84. The zero-order chi connectivity index (χ0) is 12.3. The van der Waals surface area contributed by atoms with Crippen molar-refractivity contribution in [1.82, 2.24) is 0 Å². The topological polar surface area (TPSA) is 71.0 Å². The maximum Gasteiger partial charge on any atom is 0.124 e. The van der Waals surface area contributed by atoms with Gasteiger partial charge in [-0.2, -0.15) is 0 Å². The summed E-state index contributed by atoms with van der Waals surface area (Å²) in [6, 6.07) is 8.98. The Kier molecular flexibility index (Phi) is 3.70. The normalized spacial score (nSPS) is 10.7. The summed E-state index contributed by atoms with van der Waals surface area (Å²) in [4.78, 5) is 0.626. The second-order valence-electron chi connectivity index (χ2n) is 3.35. The molecule has 2 aromatic carbocycles. The van der Waals surface area contributed by atoms with Crippen LogP contribution in [0.1, 0.15) is 0 Å². The standard InChI is InChI=1S/C11H11NO4S/c1-12-8-3-2-7-4-9(17-16-15-14)6-11(13)10(7)5-8/h2-6,12-14H,1H3. The first-order valence-corrected chi connectivity index (χ1v) is 5.58. The number of rotatable bonds is 4. The van der Waals surface area contributed by atoms with Gasteiger partial charge in [0.15, 0.2) is 0 Å². The summed E-state index contributed by atoms with van der Waals surface area (Å²) in [5.74, 6) is 0.142. The Labute approximate surface area is 102 Å². The lowest BCUT2D eigenvalue weighted by molar-refractivity contribution is -0.432. The van der Waals surface area contributed by atoms with Crippen LogP contribution in [-0.4, -0.2) is 17.4 Å². The van der Waals surface area contributed by atoms with Gasteiger partial charge in [-0.1, -0.05) is 11.1 Å². The average molecular weight is 253 g/mol. The van der Waals surface area contributed by atoms with Crippen LogP contribution in [0.5, 0.6) is 5.75 Å². The van der Waals surface area contributed by atoms with Crippen LogP contribution < -0.4 is 5.32 Å². The van der Waals surface area contributed by atoms with E-state index in [1.807, 2.05) is 31.3 Å². The highest BCUT2D eigenvalue weighted by Crippen LogP contribution is 2.33. The van der Waals surface area contributed by atoms with E-state index in [1.54, 1.807) is 0 Å². The molecule has 90 valence electrons. The van der Waals surface area contributed by atoms with Crippen LogP contribution in [0.2, 0.25) is 0 Å². The number of hydrogen-bond donors (Lipinski definition) is 3. The van der Waals surface area contributed by atoms with Gasteiger partial charge in [0.1, 0.15) is 5.75 Å². The third-order valence-corrected chi connectivity index (χ3v) is 2.91. The van der Waals surface area contributed by atoms with Crippen molar-refractivity contribution < 1.29 is 19.7 Å². The number of aromatic hydroxyl groups is 1. The van der Waals surface area contributed by atoms with Gasteiger partial charge in [0.2, 0.25) is 0 Å². The lowest BCUT2D eigenvalue weighted by atomic mass is 10.1. The van der Waals surface area contributed by atoms with Crippen molar-refractivity contribution in [2.24, 2.45) is 0 Å². The van der Waals surface area contributed by atoms with Gasteiger partial charge >= 0.3 is 0 Å². The van der Waals surface area contributed by atoms with Crippen LogP contribution in [0, 0.1) is 0 Å². The highest BCUT2D eigenvalue weighted by molar-refractivity contribution is 7.94. The summed E-state index contributed by atoms with van der Waals surface area (Å²) < 4.78 is 4.32. The molecule has 0 bridgehead atoms. The molecule has 0 fully saturated rings. The highest BCUT2D eigenvalue weighted by Gasteiger charge is 2.05. The highest BCUT2D eigenvalue weighted by atomic mass is 32.2. The Bertz CT molecular complexity index is 532. The largest absolute Gasteiger partial charge is 0.507 e. The molecule has 2 rings (SSSR count). The molecule has 0 radical (unpaired) electrons. The molecule has 0 saturated carbocycles. The fourth-order valence-electron chi connectivity index (χ4n) is 1.57. The minimum Gasteiger partial charge on any atom is -0.507 e. The van der Waals surface area contributed by atoms with Gasteiger partial charge in [-0.25, -0.2) is 5.26 Å². The molecule has 0 aliphatic heterocycles. The van der Waals surface area contributed by atoms with Gasteiger partial charge in [0, 0.05) is 23.0 Å². The van der Waals surface area contributed by atoms with Crippen molar-refractivity contribution in [3.63, 3.8) is 0 Å². The molecule has 2 aromatic rings. The van der Waals surface area contributed by atoms with Crippen LogP contribution in [0.15, 0.2) is 35.2 Å². The van der Waals surface area contributed by atoms with Crippen LogP contribution in [0.4, 0.5) is 5.69 Å². The van der Waals surface area contributed by atoms with Crippen molar-refractivity contribution in [1.29, 1.82) is 0 Å². The van der Waals surface area contributed by atoms with Crippen molar-refractivity contribution >= 4 is 28.5 Å². The van der Waals surface area contributed by atoms with E-state index >= 15 is 0 Å². The van der Waals surface area contributed by atoms with Gasteiger partial charge in [0.25, 0.3) is 0 Å². The van der Waals surface area contributed by atoms with Gasteiger partial charge < -0.3 is 10.4 Å². The van der Waals surface area contributed by atoms with Crippen molar-refractivity contribution in [3.8, 4) is 5.75 Å². The molecule has 0 atom stereocenters. The molecule has 3 N–H and O–H groups in total. The van der Waals surface area contributed by atoms with E-state index in [4.69, 9.17) is 5.26 Å². The molecule has 0 aliphatic rings. The van der Waals surface area contributed by atoms with Crippen LogP contribution in [0.3, 0.4) is 0 Å². The lowest BCUT2D eigenvalue weighted by Gasteiger charge is -2.06. The van der Waals surface area contributed by atoms with Crippen molar-refractivity contribution in [2.75, 3.05) is 12.4 Å². The number of nitrogens with one attached hydrogen (secondary N) is 1. The average Bonchev–Trinajstić information content (AvgIpc) is 2.36. The first-order chi connectivity index (χ1) is 8.24. The number of anilines is 1. The Morgan fingerprint density at radius 3 is 2.76 bits per heavy atom. The molecule has 0 spiro atoms. The van der Waals surface area contributed by atoms with Crippen molar-refractivity contribution in [2.45, 2.75) is 4.90 Å². The van der Waals surface area contributed by atoms with Crippen molar-refractivity contribution in [3.05, 3.63) is 30.3 Å².